The highest BCUT2D eigenvalue weighted by Gasteiger charge is 2.30. The molecule has 1 aliphatic heterocycles. The van der Waals surface area contributed by atoms with Crippen LogP contribution >= 0.6 is 0 Å². The van der Waals surface area contributed by atoms with E-state index in [2.05, 4.69) is 16.8 Å². The van der Waals surface area contributed by atoms with Crippen LogP contribution in [0.2, 0.25) is 0 Å². The second-order valence-corrected chi connectivity index (χ2v) is 11.4. The summed E-state index contributed by atoms with van der Waals surface area (Å²) >= 11 is 0. The Balaban J connectivity index is 1.37. The van der Waals surface area contributed by atoms with Gasteiger partial charge in [-0.1, -0.05) is 0 Å². The zero-order valence-electron chi connectivity index (χ0n) is 21.5. The molecule has 1 aromatic carbocycles. The predicted octanol–water partition coefficient (Wildman–Crippen LogP) is 2.00. The molecule has 1 saturated heterocycles. The Labute approximate surface area is 207 Å². The van der Waals surface area contributed by atoms with Gasteiger partial charge in [0, 0.05) is 58.9 Å². The summed E-state index contributed by atoms with van der Waals surface area (Å²) in [5, 5.41) is 9.71. The van der Waals surface area contributed by atoms with Crippen molar-refractivity contribution in [3.8, 4) is 5.75 Å². The van der Waals surface area contributed by atoms with E-state index < -0.39 is 11.0 Å². The summed E-state index contributed by atoms with van der Waals surface area (Å²) in [6.45, 7) is 9.10. The van der Waals surface area contributed by atoms with Crippen molar-refractivity contribution in [2.75, 3.05) is 67.1 Å². The van der Waals surface area contributed by atoms with Gasteiger partial charge < -0.3 is 19.6 Å². The van der Waals surface area contributed by atoms with E-state index in [1.54, 1.807) is 23.5 Å². The Morgan fingerprint density at radius 2 is 1.68 bits per heavy atom. The van der Waals surface area contributed by atoms with Gasteiger partial charge in [-0.25, -0.2) is 8.51 Å². The molecule has 2 fully saturated rings. The van der Waals surface area contributed by atoms with E-state index in [1.165, 1.54) is 0 Å². The Morgan fingerprint density at radius 3 is 2.26 bits per heavy atom. The fourth-order valence-electron chi connectivity index (χ4n) is 5.10. The number of nitrogens with zero attached hydrogens (tertiary/aromatic N) is 4. The van der Waals surface area contributed by atoms with Gasteiger partial charge in [0.1, 0.15) is 23.3 Å². The molecule has 0 spiro atoms. The molecule has 0 bridgehead atoms. The molecule has 0 radical (unpaired) electrons. The van der Waals surface area contributed by atoms with Crippen molar-refractivity contribution in [2.24, 2.45) is 0 Å². The van der Waals surface area contributed by atoms with E-state index in [1.807, 2.05) is 25.8 Å². The molecule has 1 N–H and O–H groups in total. The van der Waals surface area contributed by atoms with Crippen LogP contribution in [0.15, 0.2) is 17.0 Å². The number of rotatable bonds is 9. The van der Waals surface area contributed by atoms with Gasteiger partial charge in [-0.2, -0.15) is 0 Å². The van der Waals surface area contributed by atoms with Gasteiger partial charge in [0.05, 0.1) is 11.5 Å². The summed E-state index contributed by atoms with van der Waals surface area (Å²) in [6, 6.07) is 4.19. The maximum Gasteiger partial charge on any atom is 0.248 e. The second kappa shape index (κ2) is 12.4. The molecule has 1 amide bonds. The topological polar surface area (TPSA) is 76.6 Å². The first-order valence-electron chi connectivity index (χ1n) is 12.4. The lowest BCUT2D eigenvalue weighted by atomic mass is 9.89. The number of ether oxygens (including phenoxy) is 1. The van der Waals surface area contributed by atoms with Crippen molar-refractivity contribution < 1.29 is 18.8 Å². The van der Waals surface area contributed by atoms with E-state index in [0.29, 0.717) is 24.1 Å². The first-order chi connectivity index (χ1) is 16.2. The van der Waals surface area contributed by atoms with Gasteiger partial charge in [-0.05, 0) is 69.8 Å². The molecule has 9 heteroatoms. The van der Waals surface area contributed by atoms with Crippen molar-refractivity contribution in [1.82, 2.24) is 19.0 Å². The van der Waals surface area contributed by atoms with Gasteiger partial charge in [0.15, 0.2) is 0 Å². The van der Waals surface area contributed by atoms with Crippen LogP contribution in [0.4, 0.5) is 0 Å². The number of hydrogen-bond acceptors (Lipinski definition) is 6. The summed E-state index contributed by atoms with van der Waals surface area (Å²) in [7, 11) is 4.50. The second-order valence-electron chi connectivity index (χ2n) is 9.87. The number of piperazine rings is 1. The molecular weight excluding hydrogens is 452 g/mol. The standard InChI is InChI=1S/C25H42N4O4S/c1-19-16-23(30)17-20(2)25(19)34(32)27(4)14-15-33-18-24(31)28(5)21-6-8-22(9-7-21)29-12-10-26(3)11-13-29/h16-17,21-22,30H,6-15,18H2,1-5H3. The van der Waals surface area contributed by atoms with Crippen LogP contribution in [-0.2, 0) is 20.5 Å². The molecule has 1 heterocycles. The van der Waals surface area contributed by atoms with Crippen molar-refractivity contribution in [3.63, 3.8) is 0 Å². The smallest absolute Gasteiger partial charge is 0.248 e. The van der Waals surface area contributed by atoms with Crippen molar-refractivity contribution in [2.45, 2.75) is 56.5 Å². The van der Waals surface area contributed by atoms with Gasteiger partial charge in [0.25, 0.3) is 0 Å². The quantitative estimate of drug-likeness (QED) is 0.529. The zero-order valence-corrected chi connectivity index (χ0v) is 22.3. The Bertz CT molecular complexity index is 828. The molecule has 1 saturated carbocycles. The number of phenolic OH excluding ortho intramolecular Hbond substituents is 1. The molecule has 0 aromatic heterocycles. The SMILES string of the molecule is Cc1cc(O)cc(C)c1S(=O)N(C)CCOCC(=O)N(C)C1CCC(N2CCN(C)CC2)CC1. The predicted molar refractivity (Wildman–Crippen MR) is 135 cm³/mol. The molecule has 1 aromatic rings. The van der Waals surface area contributed by atoms with Crippen LogP contribution < -0.4 is 0 Å². The third-order valence-corrected chi connectivity index (χ3v) is 9.08. The molecule has 1 unspecified atom stereocenters. The normalized spacial score (nSPS) is 23.2. The fourth-order valence-corrected chi connectivity index (χ4v) is 6.32. The number of amides is 1. The summed E-state index contributed by atoms with van der Waals surface area (Å²) in [5.74, 6) is 0.189. The molecular formula is C25H42N4O4S. The third kappa shape index (κ3) is 7.01. The lowest BCUT2D eigenvalue weighted by Crippen LogP contribution is -2.51. The minimum absolute atomic E-state index is 0.0112. The highest BCUT2D eigenvalue weighted by molar-refractivity contribution is 7.82. The van der Waals surface area contributed by atoms with Crippen LogP contribution in [0.5, 0.6) is 5.75 Å². The van der Waals surface area contributed by atoms with E-state index in [-0.39, 0.29) is 24.3 Å². The number of phenols is 1. The lowest BCUT2D eigenvalue weighted by molar-refractivity contribution is -0.137. The average molecular weight is 495 g/mol. The van der Waals surface area contributed by atoms with E-state index in [9.17, 15) is 14.1 Å². The minimum Gasteiger partial charge on any atom is -0.508 e. The summed E-state index contributed by atoms with van der Waals surface area (Å²) in [6.07, 6.45) is 4.40. The third-order valence-electron chi connectivity index (χ3n) is 7.34. The molecule has 2 aliphatic rings. The Kier molecular flexibility index (Phi) is 9.91. The van der Waals surface area contributed by atoms with E-state index in [0.717, 1.165) is 63.0 Å². The summed E-state index contributed by atoms with van der Waals surface area (Å²) < 4.78 is 20.3. The molecule has 192 valence electrons. The van der Waals surface area contributed by atoms with Gasteiger partial charge in [-0.15, -0.1) is 0 Å². The largest absolute Gasteiger partial charge is 0.508 e. The maximum absolute atomic E-state index is 12.9. The van der Waals surface area contributed by atoms with Crippen molar-refractivity contribution in [3.05, 3.63) is 23.3 Å². The van der Waals surface area contributed by atoms with E-state index >= 15 is 0 Å². The monoisotopic (exact) mass is 494 g/mol. The maximum atomic E-state index is 12.9. The number of aryl methyl sites for hydroxylation is 2. The summed E-state index contributed by atoms with van der Waals surface area (Å²) in [4.78, 5) is 20.3. The molecule has 1 atom stereocenters. The number of likely N-dealkylation sites (N-methyl/N-ethyl adjacent to an activating group) is 3. The highest BCUT2D eigenvalue weighted by atomic mass is 32.2. The molecule has 8 nitrogen and oxygen atoms in total. The zero-order chi connectivity index (χ0) is 24.8. The van der Waals surface area contributed by atoms with Gasteiger partial charge in [-0.3, -0.25) is 9.69 Å². The lowest BCUT2D eigenvalue weighted by Gasteiger charge is -2.42. The molecule has 34 heavy (non-hydrogen) atoms. The average Bonchev–Trinajstić information content (AvgIpc) is 2.81. The summed E-state index contributed by atoms with van der Waals surface area (Å²) in [5.41, 5.74) is 1.59. The first kappa shape index (κ1) is 27.1. The van der Waals surface area contributed by atoms with Crippen molar-refractivity contribution in [1.29, 1.82) is 0 Å². The molecule has 3 rings (SSSR count). The van der Waals surface area contributed by atoms with Gasteiger partial charge >= 0.3 is 0 Å². The van der Waals surface area contributed by atoms with Crippen LogP contribution in [0.3, 0.4) is 0 Å². The number of benzene rings is 1. The van der Waals surface area contributed by atoms with Crippen LogP contribution in [0, 0.1) is 13.8 Å². The number of carbonyl (C=O) groups excluding carboxylic acids is 1. The van der Waals surface area contributed by atoms with Gasteiger partial charge in [0.2, 0.25) is 5.91 Å². The molecule has 1 aliphatic carbocycles. The minimum atomic E-state index is -1.35. The first-order valence-corrected chi connectivity index (χ1v) is 13.5. The Morgan fingerprint density at radius 1 is 1.09 bits per heavy atom. The van der Waals surface area contributed by atoms with Crippen LogP contribution in [0.25, 0.3) is 0 Å². The van der Waals surface area contributed by atoms with Crippen molar-refractivity contribution >= 4 is 16.9 Å². The highest BCUT2D eigenvalue weighted by Crippen LogP contribution is 2.27. The van der Waals surface area contributed by atoms with Crippen LogP contribution in [-0.4, -0.2) is 113 Å². The number of aromatic hydroxyl groups is 1. The Hall–Kier alpha value is -1.52. The number of hydrogen-bond donors (Lipinski definition) is 1. The fraction of sp³-hybridized carbons (Fsp3) is 0.720. The number of carbonyl (C=O) groups is 1. The van der Waals surface area contributed by atoms with E-state index in [4.69, 9.17) is 4.74 Å². The van der Waals surface area contributed by atoms with Crippen LogP contribution in [0.1, 0.15) is 36.8 Å².